The van der Waals surface area contributed by atoms with Gasteiger partial charge in [-0.1, -0.05) is 11.6 Å². The van der Waals surface area contributed by atoms with Gasteiger partial charge in [0.15, 0.2) is 11.1 Å². The van der Waals surface area contributed by atoms with Crippen LogP contribution in [0.5, 0.6) is 0 Å². The fourth-order valence-corrected chi connectivity index (χ4v) is 0.565. The second-order valence-electron chi connectivity index (χ2n) is 0.628. The minimum absolute atomic E-state index is 0. The van der Waals surface area contributed by atoms with Crippen LogP contribution >= 0.6 is 11.6 Å². The summed E-state index contributed by atoms with van der Waals surface area (Å²) >= 11 is 3.78. The molecule has 0 aromatic carbocycles. The van der Waals surface area contributed by atoms with Crippen LogP contribution in [-0.4, -0.2) is 46.1 Å². The maximum absolute atomic E-state index is 9.85. The zero-order valence-electron chi connectivity index (χ0n) is 3.31. The molecule has 0 rings (SSSR count). The third-order valence-electron chi connectivity index (χ3n) is 0.211. The fourth-order valence-electron chi connectivity index (χ4n) is 0.0627. The summed E-state index contributed by atoms with van der Waals surface area (Å²) in [6, 6.07) is 0.00309. The van der Waals surface area contributed by atoms with Gasteiger partial charge < -0.3 is 0 Å². The van der Waals surface area contributed by atoms with Gasteiger partial charge in [-0.25, -0.2) is 4.21 Å². The van der Waals surface area contributed by atoms with Gasteiger partial charge in [0.1, 0.15) is 6.07 Å². The summed E-state index contributed by atoms with van der Waals surface area (Å²) in [6.07, 6.45) is 1.42. The van der Waals surface area contributed by atoms with Crippen LogP contribution in [0.15, 0.2) is 0 Å². The average Bonchev–Trinajstić information content (AvgIpc) is 1.35. The zero-order valence-corrected chi connectivity index (χ0v) is 4.88. The maximum atomic E-state index is 9.85. The van der Waals surface area contributed by atoms with Crippen molar-refractivity contribution in [1.29, 1.82) is 0 Å². The molecule has 7 heavy (non-hydrogen) atoms. The Balaban J connectivity index is 0. The van der Waals surface area contributed by atoms with Crippen LogP contribution in [-0.2, 0) is 15.3 Å². The molecule has 0 fully saturated rings. The van der Waals surface area contributed by atoms with Crippen molar-refractivity contribution < 1.29 is 8.39 Å². The van der Waals surface area contributed by atoms with E-state index in [1.807, 2.05) is 0 Å². The predicted molar refractivity (Wildman–Crippen MR) is 33.0 cm³/mol. The van der Waals surface area contributed by atoms with E-state index in [0.29, 0.717) is 0 Å². The number of halogens is 1. The first-order valence-corrected chi connectivity index (χ1v) is 3.32. The van der Waals surface area contributed by atoms with Crippen molar-refractivity contribution >= 4 is 52.2 Å². The molecule has 5 heteroatoms. The summed E-state index contributed by atoms with van der Waals surface area (Å²) in [4.78, 5) is 0. The first-order chi connectivity index (χ1) is 2.77. The van der Waals surface area contributed by atoms with Crippen LogP contribution in [0.1, 0.15) is 0 Å². The molecule has 0 amide bonds. The van der Waals surface area contributed by atoms with Gasteiger partial charge in [0.2, 0.25) is 0 Å². The molecule has 0 bridgehead atoms. The van der Waals surface area contributed by atoms with Gasteiger partial charge in [-0.2, -0.15) is 0 Å². The van der Waals surface area contributed by atoms with E-state index >= 15 is 0 Å². The minimum atomic E-state index is -1.20. The van der Waals surface area contributed by atoms with Gasteiger partial charge in [0.05, 0.1) is 0 Å². The first-order valence-electron chi connectivity index (χ1n) is 1.30. The molecule has 0 aliphatic rings. The van der Waals surface area contributed by atoms with Gasteiger partial charge >= 0.3 is 29.6 Å². The summed E-state index contributed by atoms with van der Waals surface area (Å²) in [5.41, 5.74) is 0. The van der Waals surface area contributed by atoms with Crippen LogP contribution in [0.2, 0.25) is 0 Å². The molecule has 0 N–H and O–H groups in total. The Morgan fingerprint density at radius 3 is 2.29 bits per heavy atom. The Morgan fingerprint density at radius 1 is 1.86 bits per heavy atom. The van der Waals surface area contributed by atoms with E-state index in [0.717, 1.165) is 0 Å². The molecule has 2 nitrogen and oxygen atoms in total. The average molecular weight is 153 g/mol. The number of hydrogen-bond donors (Lipinski definition) is 0. The Hall–Kier alpha value is 1.40. The molecular weight excluding hydrogens is 147 g/mol. The monoisotopic (exact) mass is 152 g/mol. The van der Waals surface area contributed by atoms with E-state index < -0.39 is 11.1 Å². The van der Waals surface area contributed by atoms with Crippen molar-refractivity contribution in [3.05, 3.63) is 0 Å². The first kappa shape index (κ1) is 11.2. The molecule has 40 valence electrons. The standard InChI is InChI=1S/C2H5ClO2S.Na.H/c1-6(4)5-2-3;;/h2H2,1H3;;. The van der Waals surface area contributed by atoms with E-state index in [4.69, 9.17) is 11.6 Å². The molecule has 1 atom stereocenters. The molecule has 0 spiro atoms. The van der Waals surface area contributed by atoms with Gasteiger partial charge in [-0.3, -0.25) is 4.18 Å². The van der Waals surface area contributed by atoms with Crippen LogP contribution in [0.4, 0.5) is 0 Å². The van der Waals surface area contributed by atoms with Crippen molar-refractivity contribution in [2.24, 2.45) is 0 Å². The SMILES string of the molecule is CS(=O)OCCl.[NaH]. The summed E-state index contributed by atoms with van der Waals surface area (Å²) in [6.45, 7) is 0. The van der Waals surface area contributed by atoms with E-state index in [2.05, 4.69) is 4.18 Å². The topological polar surface area (TPSA) is 26.3 Å². The van der Waals surface area contributed by atoms with Gasteiger partial charge in [-0.05, 0) is 0 Å². The summed E-state index contributed by atoms with van der Waals surface area (Å²) in [5.74, 6) is 0. The number of hydrogen-bond acceptors (Lipinski definition) is 2. The van der Waals surface area contributed by atoms with Crippen molar-refractivity contribution in [3.8, 4) is 0 Å². The molecule has 0 saturated heterocycles. The fraction of sp³-hybridized carbons (Fsp3) is 1.00. The molecule has 0 saturated carbocycles. The molecule has 0 radical (unpaired) electrons. The second kappa shape index (κ2) is 7.40. The van der Waals surface area contributed by atoms with E-state index in [-0.39, 0.29) is 35.6 Å². The molecule has 1 unspecified atom stereocenters. The third kappa shape index (κ3) is 11.1. The second-order valence-corrected chi connectivity index (χ2v) is 1.89. The quantitative estimate of drug-likeness (QED) is 0.406. The van der Waals surface area contributed by atoms with Gasteiger partial charge in [0.25, 0.3) is 0 Å². The van der Waals surface area contributed by atoms with Gasteiger partial charge in [-0.15, -0.1) is 0 Å². The van der Waals surface area contributed by atoms with E-state index in [1.165, 1.54) is 6.26 Å². The van der Waals surface area contributed by atoms with Crippen LogP contribution in [0.25, 0.3) is 0 Å². The molecule has 0 aliphatic heterocycles. The Kier molecular flexibility index (Phi) is 11.9. The molecular formula is C2H6ClNaO2S. The molecule has 0 heterocycles. The molecule has 0 aromatic rings. The van der Waals surface area contributed by atoms with Crippen LogP contribution < -0.4 is 0 Å². The van der Waals surface area contributed by atoms with Crippen molar-refractivity contribution in [2.75, 3.05) is 12.3 Å². The molecule has 0 aliphatic carbocycles. The number of rotatable bonds is 2. The zero-order chi connectivity index (χ0) is 4.99. The normalized spacial score (nSPS) is 12.3. The third-order valence-corrected chi connectivity index (χ3v) is 0.899. The Labute approximate surface area is 72.5 Å². The van der Waals surface area contributed by atoms with Crippen molar-refractivity contribution in [1.82, 2.24) is 0 Å². The van der Waals surface area contributed by atoms with E-state index in [9.17, 15) is 4.21 Å². The van der Waals surface area contributed by atoms with Crippen molar-refractivity contribution in [2.45, 2.75) is 0 Å². The summed E-state index contributed by atoms with van der Waals surface area (Å²) < 4.78 is 14.1. The van der Waals surface area contributed by atoms with Crippen LogP contribution in [0.3, 0.4) is 0 Å². The number of alkyl halides is 1. The van der Waals surface area contributed by atoms with Gasteiger partial charge in [0, 0.05) is 6.26 Å². The van der Waals surface area contributed by atoms with E-state index in [1.54, 1.807) is 0 Å². The van der Waals surface area contributed by atoms with Crippen LogP contribution in [0, 0.1) is 0 Å². The summed E-state index contributed by atoms with van der Waals surface area (Å²) in [7, 11) is 0. The van der Waals surface area contributed by atoms with Crippen molar-refractivity contribution in [3.63, 3.8) is 0 Å². The summed E-state index contributed by atoms with van der Waals surface area (Å²) in [5, 5.41) is 0. The Bertz CT molecular complexity index is 59.7. The predicted octanol–water partition coefficient (Wildman–Crippen LogP) is -0.156. The molecule has 0 aromatic heterocycles. The Morgan fingerprint density at radius 2 is 2.29 bits per heavy atom.